The summed E-state index contributed by atoms with van der Waals surface area (Å²) in [6.45, 7) is 1.16. The number of nitrogens with one attached hydrogen (secondary N) is 1. The molecular weight excluding hydrogens is 244 g/mol. The van der Waals surface area contributed by atoms with Gasteiger partial charge in [0.2, 0.25) is 0 Å². The minimum atomic E-state index is -0.579. The molecule has 0 radical (unpaired) electrons. The smallest absolute Gasteiger partial charge is 0.193 e. The first-order chi connectivity index (χ1) is 9.13. The predicted octanol–water partition coefficient (Wildman–Crippen LogP) is 0.987. The lowest BCUT2D eigenvalue weighted by Crippen LogP contribution is -2.46. The average molecular weight is 266 g/mol. The first-order valence-corrected chi connectivity index (χ1v) is 6.66. The second kappa shape index (κ2) is 6.06. The molecule has 2 rings (SSSR count). The van der Waals surface area contributed by atoms with Gasteiger partial charge in [0.05, 0.1) is 12.1 Å². The summed E-state index contributed by atoms with van der Waals surface area (Å²) < 4.78 is 4.81. The van der Waals surface area contributed by atoms with Gasteiger partial charge in [0.1, 0.15) is 12.0 Å². The van der Waals surface area contributed by atoms with Gasteiger partial charge in [0, 0.05) is 26.7 Å². The van der Waals surface area contributed by atoms with E-state index in [0.717, 1.165) is 37.3 Å². The second-order valence-electron chi connectivity index (χ2n) is 5.18. The van der Waals surface area contributed by atoms with E-state index in [0.29, 0.717) is 13.1 Å². The van der Waals surface area contributed by atoms with Crippen LogP contribution in [0.2, 0.25) is 0 Å². The second-order valence-corrected chi connectivity index (χ2v) is 5.18. The van der Waals surface area contributed by atoms with Crippen molar-refractivity contribution < 1.29 is 9.63 Å². The zero-order valence-electron chi connectivity index (χ0n) is 11.6. The molecule has 0 aromatic carbocycles. The molecule has 1 aliphatic carbocycles. The van der Waals surface area contributed by atoms with Gasteiger partial charge in [-0.05, 0) is 12.8 Å². The first-order valence-electron chi connectivity index (χ1n) is 6.66. The molecule has 1 aliphatic rings. The molecule has 0 aliphatic heterocycles. The molecule has 0 saturated heterocycles. The summed E-state index contributed by atoms with van der Waals surface area (Å²) >= 11 is 0. The summed E-state index contributed by atoms with van der Waals surface area (Å²) in [6, 6.07) is 1.83. The van der Waals surface area contributed by atoms with Crippen LogP contribution in [0.15, 0.2) is 21.8 Å². The van der Waals surface area contributed by atoms with Gasteiger partial charge in [0.15, 0.2) is 5.96 Å². The third kappa shape index (κ3) is 3.70. The van der Waals surface area contributed by atoms with E-state index < -0.39 is 5.60 Å². The Morgan fingerprint density at radius 1 is 1.58 bits per heavy atom. The van der Waals surface area contributed by atoms with Gasteiger partial charge in [0.25, 0.3) is 0 Å². The van der Waals surface area contributed by atoms with Crippen molar-refractivity contribution in [3.05, 3.63) is 18.0 Å². The number of aromatic nitrogens is 1. The highest BCUT2D eigenvalue weighted by Crippen LogP contribution is 2.28. The van der Waals surface area contributed by atoms with Crippen LogP contribution in [0.5, 0.6) is 0 Å². The van der Waals surface area contributed by atoms with Crippen molar-refractivity contribution in [1.82, 2.24) is 15.4 Å². The monoisotopic (exact) mass is 266 g/mol. The Kier molecular flexibility index (Phi) is 4.42. The average Bonchev–Trinajstić information content (AvgIpc) is 3.02. The SMILES string of the molecule is CN=C(NCC1(O)CCCC1)N(C)Cc1ccon1. The standard InChI is InChI=1S/C13H22N4O2/c1-14-12(15-10-13(18)6-3-4-7-13)17(2)9-11-5-8-19-16-11/h5,8,18H,3-4,6-7,9-10H2,1-2H3,(H,14,15). The minimum absolute atomic E-state index is 0.544. The molecule has 6 heteroatoms. The van der Waals surface area contributed by atoms with Crippen LogP contribution < -0.4 is 5.32 Å². The molecular formula is C13H22N4O2. The highest BCUT2D eigenvalue weighted by Gasteiger charge is 2.31. The third-order valence-corrected chi connectivity index (χ3v) is 3.57. The number of hydrogen-bond acceptors (Lipinski definition) is 4. The lowest BCUT2D eigenvalue weighted by molar-refractivity contribution is 0.0516. The maximum atomic E-state index is 10.3. The highest BCUT2D eigenvalue weighted by atomic mass is 16.5. The third-order valence-electron chi connectivity index (χ3n) is 3.57. The van der Waals surface area contributed by atoms with E-state index >= 15 is 0 Å². The van der Waals surface area contributed by atoms with Crippen molar-refractivity contribution in [2.45, 2.75) is 37.8 Å². The van der Waals surface area contributed by atoms with E-state index in [2.05, 4.69) is 15.5 Å². The maximum absolute atomic E-state index is 10.3. The molecule has 2 N–H and O–H groups in total. The van der Waals surface area contributed by atoms with E-state index in [-0.39, 0.29) is 0 Å². The summed E-state index contributed by atoms with van der Waals surface area (Å²) in [5.41, 5.74) is 0.273. The van der Waals surface area contributed by atoms with Crippen LogP contribution in [-0.2, 0) is 6.54 Å². The van der Waals surface area contributed by atoms with Crippen LogP contribution in [0.1, 0.15) is 31.4 Å². The highest BCUT2D eigenvalue weighted by molar-refractivity contribution is 5.79. The van der Waals surface area contributed by atoms with Crippen molar-refractivity contribution in [3.8, 4) is 0 Å². The molecule has 0 unspecified atom stereocenters. The molecule has 6 nitrogen and oxygen atoms in total. The molecule has 1 heterocycles. The molecule has 19 heavy (non-hydrogen) atoms. The summed E-state index contributed by atoms with van der Waals surface area (Å²) in [5.74, 6) is 0.753. The van der Waals surface area contributed by atoms with Crippen LogP contribution in [-0.4, -0.2) is 47.4 Å². The van der Waals surface area contributed by atoms with Crippen LogP contribution in [0, 0.1) is 0 Å². The Hall–Kier alpha value is -1.56. The van der Waals surface area contributed by atoms with Crippen LogP contribution >= 0.6 is 0 Å². The van der Waals surface area contributed by atoms with Gasteiger partial charge in [-0.2, -0.15) is 0 Å². The van der Waals surface area contributed by atoms with Crippen molar-refractivity contribution in [3.63, 3.8) is 0 Å². The van der Waals surface area contributed by atoms with E-state index in [1.165, 1.54) is 0 Å². The van der Waals surface area contributed by atoms with Gasteiger partial charge < -0.3 is 19.8 Å². The zero-order valence-corrected chi connectivity index (χ0v) is 11.6. The molecule has 0 spiro atoms. The van der Waals surface area contributed by atoms with Gasteiger partial charge in [-0.3, -0.25) is 4.99 Å². The fraction of sp³-hybridized carbons (Fsp3) is 0.692. The predicted molar refractivity (Wildman–Crippen MR) is 72.7 cm³/mol. The maximum Gasteiger partial charge on any atom is 0.193 e. The van der Waals surface area contributed by atoms with Crippen molar-refractivity contribution in [2.24, 2.45) is 4.99 Å². The first kappa shape index (κ1) is 13.9. The molecule has 1 fully saturated rings. The van der Waals surface area contributed by atoms with Crippen LogP contribution in [0.25, 0.3) is 0 Å². The molecule has 1 saturated carbocycles. The number of aliphatic imine (C=N–C) groups is 1. The molecule has 106 valence electrons. The van der Waals surface area contributed by atoms with E-state index in [1.807, 2.05) is 18.0 Å². The Morgan fingerprint density at radius 2 is 2.32 bits per heavy atom. The number of rotatable bonds is 4. The Bertz CT molecular complexity index is 410. The Morgan fingerprint density at radius 3 is 2.89 bits per heavy atom. The van der Waals surface area contributed by atoms with Crippen molar-refractivity contribution in [1.29, 1.82) is 0 Å². The minimum Gasteiger partial charge on any atom is -0.388 e. The zero-order chi connectivity index (χ0) is 13.7. The summed E-state index contributed by atoms with van der Waals surface area (Å²) in [4.78, 5) is 6.18. The van der Waals surface area contributed by atoms with E-state index in [1.54, 1.807) is 13.3 Å². The van der Waals surface area contributed by atoms with Crippen LogP contribution in [0.3, 0.4) is 0 Å². The lowest BCUT2D eigenvalue weighted by Gasteiger charge is -2.27. The topological polar surface area (TPSA) is 73.9 Å². The van der Waals surface area contributed by atoms with Gasteiger partial charge >= 0.3 is 0 Å². The summed E-state index contributed by atoms with van der Waals surface area (Å²) in [5, 5.41) is 17.4. The lowest BCUT2D eigenvalue weighted by atomic mass is 10.0. The van der Waals surface area contributed by atoms with Crippen LogP contribution in [0.4, 0.5) is 0 Å². The number of hydrogen-bond donors (Lipinski definition) is 2. The quantitative estimate of drug-likeness (QED) is 0.628. The fourth-order valence-electron chi connectivity index (χ4n) is 2.48. The van der Waals surface area contributed by atoms with E-state index in [9.17, 15) is 5.11 Å². The number of nitrogens with zero attached hydrogens (tertiary/aromatic N) is 3. The summed E-state index contributed by atoms with van der Waals surface area (Å²) in [6.07, 6.45) is 5.49. The molecule has 1 aromatic rings. The van der Waals surface area contributed by atoms with E-state index in [4.69, 9.17) is 4.52 Å². The van der Waals surface area contributed by atoms with Crippen molar-refractivity contribution >= 4 is 5.96 Å². The van der Waals surface area contributed by atoms with Gasteiger partial charge in [-0.15, -0.1) is 0 Å². The number of aliphatic hydroxyl groups is 1. The molecule has 0 atom stereocenters. The Labute approximate surface area is 113 Å². The fourth-order valence-corrected chi connectivity index (χ4v) is 2.48. The normalized spacial score (nSPS) is 18.6. The van der Waals surface area contributed by atoms with Gasteiger partial charge in [-0.1, -0.05) is 18.0 Å². The summed E-state index contributed by atoms with van der Waals surface area (Å²) in [7, 11) is 3.67. The molecule has 0 amide bonds. The largest absolute Gasteiger partial charge is 0.388 e. The van der Waals surface area contributed by atoms with Gasteiger partial charge in [-0.25, -0.2) is 0 Å². The molecule has 0 bridgehead atoms. The van der Waals surface area contributed by atoms with Crippen molar-refractivity contribution in [2.75, 3.05) is 20.6 Å². The molecule has 1 aromatic heterocycles. The Balaban J connectivity index is 1.85. The number of guanidine groups is 1.